The number of nitrogens with zero attached hydrogens (tertiary/aromatic N) is 1. The molecule has 1 saturated heterocycles. The van der Waals surface area contributed by atoms with Crippen LogP contribution in [-0.4, -0.2) is 68.5 Å². The fourth-order valence-electron chi connectivity index (χ4n) is 3.05. The zero-order valence-corrected chi connectivity index (χ0v) is 17.8. The van der Waals surface area contributed by atoms with Crippen molar-refractivity contribution in [1.29, 1.82) is 0 Å². The van der Waals surface area contributed by atoms with Crippen LogP contribution in [-0.2, 0) is 19.1 Å². The first-order chi connectivity index (χ1) is 15.4. The minimum absolute atomic E-state index is 0.0968. The molecule has 1 fully saturated rings. The van der Waals surface area contributed by atoms with Crippen molar-refractivity contribution < 1.29 is 33.4 Å². The standard InChI is InChI=1S/C23H24N2O7/c1-25-11-12-31-20(22(25)28)13-21(27)24-17-7-3-16(4-8-17)23(29)32-14-19(26)15-5-9-18(30-2)10-6-15/h3-10,20H,11-14H2,1-2H3,(H,24,27). The van der Waals surface area contributed by atoms with E-state index in [0.29, 0.717) is 30.2 Å². The molecule has 0 aromatic heterocycles. The highest BCUT2D eigenvalue weighted by Gasteiger charge is 2.29. The van der Waals surface area contributed by atoms with E-state index in [9.17, 15) is 19.2 Å². The number of carbonyl (C=O) groups excluding carboxylic acids is 4. The van der Waals surface area contributed by atoms with E-state index in [1.165, 1.54) is 36.3 Å². The fraction of sp³-hybridized carbons (Fsp3) is 0.304. The number of morpholine rings is 1. The molecule has 0 aliphatic carbocycles. The number of ketones is 1. The number of methoxy groups -OCH3 is 1. The second-order valence-corrected chi connectivity index (χ2v) is 7.18. The maximum Gasteiger partial charge on any atom is 0.338 e. The van der Waals surface area contributed by atoms with Crippen molar-refractivity contribution in [3.63, 3.8) is 0 Å². The molecule has 1 unspecified atom stereocenters. The fourth-order valence-corrected chi connectivity index (χ4v) is 3.05. The summed E-state index contributed by atoms with van der Waals surface area (Å²) in [6, 6.07) is 12.5. The largest absolute Gasteiger partial charge is 0.497 e. The van der Waals surface area contributed by atoms with Crippen molar-refractivity contribution in [2.75, 3.05) is 39.2 Å². The third kappa shape index (κ3) is 5.92. The Labute approximate surface area is 185 Å². The number of amides is 2. The molecule has 0 spiro atoms. The van der Waals surface area contributed by atoms with Gasteiger partial charge in [0.25, 0.3) is 5.91 Å². The minimum Gasteiger partial charge on any atom is -0.497 e. The van der Waals surface area contributed by atoms with Gasteiger partial charge < -0.3 is 24.4 Å². The Bertz CT molecular complexity index is 986. The number of benzene rings is 2. The molecule has 1 atom stereocenters. The smallest absolute Gasteiger partial charge is 0.338 e. The van der Waals surface area contributed by atoms with Gasteiger partial charge in [0.1, 0.15) is 11.9 Å². The summed E-state index contributed by atoms with van der Waals surface area (Å²) in [5, 5.41) is 2.67. The van der Waals surface area contributed by atoms with Gasteiger partial charge in [-0.25, -0.2) is 4.79 Å². The van der Waals surface area contributed by atoms with E-state index in [1.54, 1.807) is 31.3 Å². The molecular weight excluding hydrogens is 416 g/mol. The van der Waals surface area contributed by atoms with E-state index in [0.717, 1.165) is 0 Å². The van der Waals surface area contributed by atoms with Crippen molar-refractivity contribution in [2.45, 2.75) is 12.5 Å². The van der Waals surface area contributed by atoms with Crippen molar-refractivity contribution in [3.05, 3.63) is 59.7 Å². The molecule has 2 amide bonds. The molecule has 3 rings (SSSR count). The first-order valence-electron chi connectivity index (χ1n) is 9.98. The number of hydrogen-bond donors (Lipinski definition) is 1. The van der Waals surface area contributed by atoms with Gasteiger partial charge in [0.2, 0.25) is 5.91 Å². The van der Waals surface area contributed by atoms with Crippen LogP contribution < -0.4 is 10.1 Å². The van der Waals surface area contributed by atoms with Gasteiger partial charge in [0.05, 0.1) is 25.7 Å². The van der Waals surface area contributed by atoms with E-state index in [-0.39, 0.29) is 29.6 Å². The molecule has 2 aromatic rings. The SMILES string of the molecule is COc1ccc(C(=O)COC(=O)c2ccc(NC(=O)CC3OCCN(C)C3=O)cc2)cc1. The predicted octanol–water partition coefficient (Wildman–Crippen LogP) is 1.92. The number of likely N-dealkylation sites (N-methyl/N-ethyl adjacent to an activating group) is 1. The monoisotopic (exact) mass is 440 g/mol. The summed E-state index contributed by atoms with van der Waals surface area (Å²) in [6.07, 6.45) is -0.897. The molecule has 0 bridgehead atoms. The molecule has 2 aromatic carbocycles. The molecule has 9 heteroatoms. The third-order valence-corrected chi connectivity index (χ3v) is 4.92. The van der Waals surface area contributed by atoms with Crippen molar-refractivity contribution in [1.82, 2.24) is 4.90 Å². The summed E-state index contributed by atoms with van der Waals surface area (Å²) in [5.74, 6) is -0.979. The van der Waals surface area contributed by atoms with Crippen LogP contribution in [0.15, 0.2) is 48.5 Å². The lowest BCUT2D eigenvalue weighted by Gasteiger charge is -2.29. The Morgan fingerprint density at radius 3 is 2.38 bits per heavy atom. The minimum atomic E-state index is -0.800. The summed E-state index contributed by atoms with van der Waals surface area (Å²) in [4.78, 5) is 50.1. The van der Waals surface area contributed by atoms with E-state index in [2.05, 4.69) is 5.32 Å². The number of nitrogens with one attached hydrogen (secondary N) is 1. The lowest BCUT2D eigenvalue weighted by Crippen LogP contribution is -2.46. The van der Waals surface area contributed by atoms with Crippen LogP contribution in [0.5, 0.6) is 5.75 Å². The topological polar surface area (TPSA) is 111 Å². The highest BCUT2D eigenvalue weighted by Crippen LogP contribution is 2.15. The highest BCUT2D eigenvalue weighted by molar-refractivity contribution is 6.00. The number of esters is 1. The van der Waals surface area contributed by atoms with Crippen molar-refractivity contribution in [3.8, 4) is 5.75 Å². The highest BCUT2D eigenvalue weighted by atomic mass is 16.5. The van der Waals surface area contributed by atoms with Gasteiger partial charge in [0, 0.05) is 24.8 Å². The van der Waals surface area contributed by atoms with Crippen molar-refractivity contribution >= 4 is 29.3 Å². The third-order valence-electron chi connectivity index (χ3n) is 4.92. The molecule has 0 saturated carbocycles. The van der Waals surface area contributed by atoms with Gasteiger partial charge >= 0.3 is 5.97 Å². The molecule has 0 radical (unpaired) electrons. The lowest BCUT2D eigenvalue weighted by atomic mass is 10.1. The Kier molecular flexibility index (Phi) is 7.56. The lowest BCUT2D eigenvalue weighted by molar-refractivity contribution is -0.153. The van der Waals surface area contributed by atoms with Crippen LogP contribution >= 0.6 is 0 Å². The number of Topliss-reactive ketones (excluding diaryl/α,β-unsaturated/α-hetero) is 1. The number of anilines is 1. The van der Waals surface area contributed by atoms with Gasteiger partial charge in [-0.2, -0.15) is 0 Å². The van der Waals surface area contributed by atoms with Crippen LogP contribution in [0.2, 0.25) is 0 Å². The van der Waals surface area contributed by atoms with E-state index in [4.69, 9.17) is 14.2 Å². The summed E-state index contributed by atoms with van der Waals surface area (Å²) in [6.45, 7) is 0.492. The molecule has 168 valence electrons. The van der Waals surface area contributed by atoms with Crippen molar-refractivity contribution in [2.24, 2.45) is 0 Å². The molecule has 1 aliphatic rings. The average Bonchev–Trinajstić information content (AvgIpc) is 2.80. The summed E-state index contributed by atoms with van der Waals surface area (Å²) < 4.78 is 15.5. The number of ether oxygens (including phenoxy) is 3. The maximum absolute atomic E-state index is 12.2. The molecule has 32 heavy (non-hydrogen) atoms. The first-order valence-corrected chi connectivity index (χ1v) is 9.98. The molecule has 1 aliphatic heterocycles. The number of rotatable bonds is 8. The Morgan fingerprint density at radius 2 is 1.72 bits per heavy atom. The van der Waals surface area contributed by atoms with Gasteiger partial charge in [-0.3, -0.25) is 14.4 Å². The maximum atomic E-state index is 12.2. The second-order valence-electron chi connectivity index (χ2n) is 7.18. The van der Waals surface area contributed by atoms with Crippen LogP contribution in [0, 0.1) is 0 Å². The summed E-state index contributed by atoms with van der Waals surface area (Å²) in [7, 11) is 3.19. The van der Waals surface area contributed by atoms with E-state index >= 15 is 0 Å². The predicted molar refractivity (Wildman–Crippen MR) is 115 cm³/mol. The average molecular weight is 440 g/mol. The quantitative estimate of drug-likeness (QED) is 0.493. The van der Waals surface area contributed by atoms with Gasteiger partial charge in [-0.15, -0.1) is 0 Å². The molecule has 1 heterocycles. The van der Waals surface area contributed by atoms with E-state index < -0.39 is 18.7 Å². The normalized spacial score (nSPS) is 15.8. The Morgan fingerprint density at radius 1 is 1.06 bits per heavy atom. The summed E-state index contributed by atoms with van der Waals surface area (Å²) >= 11 is 0. The Balaban J connectivity index is 1.48. The van der Waals surface area contributed by atoms with Crippen LogP contribution in [0.25, 0.3) is 0 Å². The Hall–Kier alpha value is -3.72. The zero-order valence-electron chi connectivity index (χ0n) is 17.8. The zero-order chi connectivity index (χ0) is 23.1. The second kappa shape index (κ2) is 10.5. The van der Waals surface area contributed by atoms with Crippen LogP contribution in [0.4, 0.5) is 5.69 Å². The van der Waals surface area contributed by atoms with Gasteiger partial charge in [0.15, 0.2) is 12.4 Å². The number of carbonyl (C=O) groups is 4. The van der Waals surface area contributed by atoms with Crippen LogP contribution in [0.1, 0.15) is 27.1 Å². The van der Waals surface area contributed by atoms with E-state index in [1.807, 2.05) is 0 Å². The van der Waals surface area contributed by atoms with Gasteiger partial charge in [-0.1, -0.05) is 0 Å². The number of hydrogen-bond acceptors (Lipinski definition) is 7. The summed E-state index contributed by atoms with van der Waals surface area (Å²) in [5.41, 5.74) is 1.10. The molecular formula is C23H24N2O7. The van der Waals surface area contributed by atoms with Gasteiger partial charge in [-0.05, 0) is 48.5 Å². The van der Waals surface area contributed by atoms with Crippen LogP contribution in [0.3, 0.4) is 0 Å². The molecule has 9 nitrogen and oxygen atoms in total. The molecule has 1 N–H and O–H groups in total. The first kappa shape index (κ1) is 23.0.